The van der Waals surface area contributed by atoms with Crippen LogP contribution in [0.5, 0.6) is 0 Å². The second-order valence-electron chi connectivity index (χ2n) is 2.32. The molecule has 0 aromatic heterocycles. The van der Waals surface area contributed by atoms with Crippen LogP contribution < -0.4 is 0 Å². The maximum atomic E-state index is 10.4. The SMILES string of the molecule is [N-]=[N+]=NC[C@@H]1C[C@H]1C(=O)Cl. The van der Waals surface area contributed by atoms with Crippen LogP contribution in [0.25, 0.3) is 10.4 Å². The summed E-state index contributed by atoms with van der Waals surface area (Å²) in [6.07, 6.45) is 0.779. The Labute approximate surface area is 62.8 Å². The Bertz CT molecular complexity index is 199. The van der Waals surface area contributed by atoms with E-state index in [4.69, 9.17) is 17.1 Å². The minimum Gasteiger partial charge on any atom is -0.281 e. The molecule has 0 unspecified atom stereocenters. The summed E-state index contributed by atoms with van der Waals surface area (Å²) >= 11 is 5.18. The van der Waals surface area contributed by atoms with Crippen molar-refractivity contribution in [2.45, 2.75) is 6.42 Å². The summed E-state index contributed by atoms with van der Waals surface area (Å²) in [6.45, 7) is 0.402. The van der Waals surface area contributed by atoms with Crippen LogP contribution in [-0.2, 0) is 4.79 Å². The molecule has 0 aromatic rings. The Balaban J connectivity index is 2.25. The lowest BCUT2D eigenvalue weighted by Crippen LogP contribution is -1.93. The molecule has 4 nitrogen and oxygen atoms in total. The highest BCUT2D eigenvalue weighted by atomic mass is 35.5. The Hall–Kier alpha value is -0.730. The van der Waals surface area contributed by atoms with Gasteiger partial charge >= 0.3 is 0 Å². The third-order valence-electron chi connectivity index (χ3n) is 1.59. The van der Waals surface area contributed by atoms with Crippen LogP contribution in [0.3, 0.4) is 0 Å². The third-order valence-corrected chi connectivity index (χ3v) is 1.87. The molecule has 0 heterocycles. The van der Waals surface area contributed by atoms with E-state index in [-0.39, 0.29) is 17.1 Å². The molecule has 2 atom stereocenters. The van der Waals surface area contributed by atoms with E-state index in [0.29, 0.717) is 6.54 Å². The zero-order valence-corrected chi connectivity index (χ0v) is 5.95. The number of nitrogens with zero attached hydrogens (tertiary/aromatic N) is 3. The van der Waals surface area contributed by atoms with Gasteiger partial charge in [0.1, 0.15) is 0 Å². The number of carbonyl (C=O) groups excluding carboxylic acids is 1. The lowest BCUT2D eigenvalue weighted by molar-refractivity contribution is -0.113. The van der Waals surface area contributed by atoms with E-state index < -0.39 is 0 Å². The van der Waals surface area contributed by atoms with Crippen LogP contribution >= 0.6 is 11.6 Å². The van der Waals surface area contributed by atoms with Crippen molar-refractivity contribution in [2.24, 2.45) is 17.0 Å². The predicted molar refractivity (Wildman–Crippen MR) is 36.5 cm³/mol. The van der Waals surface area contributed by atoms with E-state index >= 15 is 0 Å². The highest BCUT2D eigenvalue weighted by Gasteiger charge is 2.41. The summed E-state index contributed by atoms with van der Waals surface area (Å²) in [5.74, 6) is 0.160. The van der Waals surface area contributed by atoms with Gasteiger partial charge in [-0.2, -0.15) is 0 Å². The second-order valence-corrected chi connectivity index (χ2v) is 2.69. The van der Waals surface area contributed by atoms with E-state index in [2.05, 4.69) is 10.0 Å². The molecule has 1 aliphatic rings. The van der Waals surface area contributed by atoms with Crippen molar-refractivity contribution in [3.8, 4) is 0 Å². The highest BCUT2D eigenvalue weighted by Crippen LogP contribution is 2.40. The van der Waals surface area contributed by atoms with Gasteiger partial charge in [0.2, 0.25) is 5.24 Å². The van der Waals surface area contributed by atoms with Gasteiger partial charge in [-0.1, -0.05) is 5.11 Å². The van der Waals surface area contributed by atoms with E-state index in [1.165, 1.54) is 0 Å². The van der Waals surface area contributed by atoms with Gasteiger partial charge in [-0.3, -0.25) is 4.79 Å². The molecule has 0 saturated heterocycles. The number of hydrogen-bond donors (Lipinski definition) is 0. The Morgan fingerprint density at radius 1 is 1.90 bits per heavy atom. The van der Waals surface area contributed by atoms with Crippen molar-refractivity contribution >= 4 is 16.8 Å². The van der Waals surface area contributed by atoms with Crippen molar-refractivity contribution in [1.82, 2.24) is 0 Å². The van der Waals surface area contributed by atoms with Crippen LogP contribution in [0.1, 0.15) is 6.42 Å². The van der Waals surface area contributed by atoms with E-state index in [1.807, 2.05) is 0 Å². The third kappa shape index (κ3) is 1.62. The van der Waals surface area contributed by atoms with Crippen molar-refractivity contribution in [1.29, 1.82) is 0 Å². The van der Waals surface area contributed by atoms with Gasteiger partial charge in [-0.05, 0) is 29.5 Å². The van der Waals surface area contributed by atoms with E-state index in [9.17, 15) is 4.79 Å². The molecule has 54 valence electrons. The Kier molecular flexibility index (Phi) is 2.14. The maximum Gasteiger partial charge on any atom is 0.225 e. The summed E-state index contributed by atoms with van der Waals surface area (Å²) in [5.41, 5.74) is 7.91. The van der Waals surface area contributed by atoms with Gasteiger partial charge in [0.15, 0.2) is 0 Å². The largest absolute Gasteiger partial charge is 0.281 e. The summed E-state index contributed by atoms with van der Waals surface area (Å²) in [5, 5.41) is 3.03. The Morgan fingerprint density at radius 2 is 2.60 bits per heavy atom. The summed E-state index contributed by atoms with van der Waals surface area (Å²) < 4.78 is 0. The average molecular weight is 160 g/mol. The molecule has 0 spiro atoms. The minimum atomic E-state index is -0.307. The van der Waals surface area contributed by atoms with Gasteiger partial charge in [0.25, 0.3) is 0 Å². The molecule has 0 radical (unpaired) electrons. The number of azide groups is 1. The van der Waals surface area contributed by atoms with Crippen LogP contribution in [0.2, 0.25) is 0 Å². The molecular weight excluding hydrogens is 154 g/mol. The lowest BCUT2D eigenvalue weighted by Gasteiger charge is -1.84. The molecule has 0 aromatic carbocycles. The number of halogens is 1. The standard InChI is InChI=1S/C5H6ClN3O/c6-5(10)4-1-3(4)2-8-9-7/h3-4H,1-2H2/t3-,4+/m0/s1. The number of carbonyl (C=O) groups is 1. The first-order valence-electron chi connectivity index (χ1n) is 2.96. The second kappa shape index (κ2) is 2.90. The maximum absolute atomic E-state index is 10.4. The molecule has 0 aliphatic heterocycles. The highest BCUT2D eigenvalue weighted by molar-refractivity contribution is 6.64. The van der Waals surface area contributed by atoms with Gasteiger partial charge in [0, 0.05) is 17.4 Å². The zero-order chi connectivity index (χ0) is 7.56. The monoisotopic (exact) mass is 159 g/mol. The van der Waals surface area contributed by atoms with Gasteiger partial charge in [-0.25, -0.2) is 0 Å². The first-order chi connectivity index (χ1) is 4.75. The average Bonchev–Trinajstić information content (AvgIpc) is 2.62. The fourth-order valence-corrected chi connectivity index (χ4v) is 1.14. The molecule has 1 saturated carbocycles. The van der Waals surface area contributed by atoms with E-state index in [0.717, 1.165) is 6.42 Å². The zero-order valence-electron chi connectivity index (χ0n) is 5.20. The Morgan fingerprint density at radius 3 is 3.00 bits per heavy atom. The normalized spacial score (nSPS) is 28.9. The quantitative estimate of drug-likeness (QED) is 0.268. The summed E-state index contributed by atoms with van der Waals surface area (Å²) in [7, 11) is 0. The summed E-state index contributed by atoms with van der Waals surface area (Å²) in [4.78, 5) is 13.0. The molecule has 10 heavy (non-hydrogen) atoms. The van der Waals surface area contributed by atoms with Crippen LogP contribution in [-0.4, -0.2) is 11.8 Å². The molecule has 0 N–H and O–H groups in total. The van der Waals surface area contributed by atoms with Crippen LogP contribution in [0.15, 0.2) is 5.11 Å². The topological polar surface area (TPSA) is 65.8 Å². The van der Waals surface area contributed by atoms with Gasteiger partial charge in [-0.15, -0.1) is 0 Å². The molecule has 1 rings (SSSR count). The van der Waals surface area contributed by atoms with Gasteiger partial charge < -0.3 is 0 Å². The van der Waals surface area contributed by atoms with E-state index in [1.54, 1.807) is 0 Å². The number of hydrogen-bond acceptors (Lipinski definition) is 2. The van der Waals surface area contributed by atoms with Crippen LogP contribution in [0.4, 0.5) is 0 Å². The van der Waals surface area contributed by atoms with Crippen molar-refractivity contribution in [3.63, 3.8) is 0 Å². The van der Waals surface area contributed by atoms with Gasteiger partial charge in [0.05, 0.1) is 0 Å². The molecule has 1 fully saturated rings. The first kappa shape index (κ1) is 7.38. The molecule has 5 heteroatoms. The molecule has 0 amide bonds. The van der Waals surface area contributed by atoms with Crippen molar-refractivity contribution in [2.75, 3.05) is 6.54 Å². The molecule has 0 bridgehead atoms. The van der Waals surface area contributed by atoms with Crippen molar-refractivity contribution < 1.29 is 4.79 Å². The van der Waals surface area contributed by atoms with Crippen molar-refractivity contribution in [3.05, 3.63) is 10.4 Å². The minimum absolute atomic E-state index is 0.0489. The first-order valence-corrected chi connectivity index (χ1v) is 3.33. The predicted octanol–water partition coefficient (Wildman–Crippen LogP) is 1.70. The number of rotatable bonds is 3. The smallest absolute Gasteiger partial charge is 0.225 e. The fourth-order valence-electron chi connectivity index (χ4n) is 0.869. The fraction of sp³-hybridized carbons (Fsp3) is 0.800. The molecule has 1 aliphatic carbocycles. The molecular formula is C5H6ClN3O. The lowest BCUT2D eigenvalue weighted by atomic mass is 10.3. The van der Waals surface area contributed by atoms with Crippen LogP contribution in [0, 0.1) is 11.8 Å². The summed E-state index contributed by atoms with van der Waals surface area (Å²) in [6, 6.07) is 0.